The van der Waals surface area contributed by atoms with Gasteiger partial charge in [-0.1, -0.05) is 30.3 Å². The van der Waals surface area contributed by atoms with Gasteiger partial charge in [0.25, 0.3) is 0 Å². The predicted octanol–water partition coefficient (Wildman–Crippen LogP) is 2.71. The number of amides is 1. The van der Waals surface area contributed by atoms with E-state index in [2.05, 4.69) is 27.3 Å². The van der Waals surface area contributed by atoms with Crippen LogP contribution in [0.5, 0.6) is 0 Å². The molecule has 1 aromatic heterocycles. The number of hydrogen-bond donors (Lipinski definition) is 1. The van der Waals surface area contributed by atoms with E-state index in [-0.39, 0.29) is 17.8 Å². The van der Waals surface area contributed by atoms with Crippen molar-refractivity contribution in [1.29, 1.82) is 0 Å². The minimum atomic E-state index is -0.282. The molecule has 1 fully saturated rings. The van der Waals surface area contributed by atoms with Gasteiger partial charge in [0.15, 0.2) is 5.78 Å². The molecule has 0 bridgehead atoms. The Hall–Kier alpha value is -3.16. The van der Waals surface area contributed by atoms with Crippen LogP contribution in [0, 0.1) is 0 Å². The molecule has 1 aromatic carbocycles. The third kappa shape index (κ3) is 3.94. The lowest BCUT2D eigenvalue weighted by molar-refractivity contribution is 0.0962. The first kappa shape index (κ1) is 20.1. The molecule has 0 spiro atoms. The zero-order valence-electron chi connectivity index (χ0n) is 17.4. The van der Waals surface area contributed by atoms with Crippen LogP contribution in [-0.4, -0.2) is 66.6 Å². The van der Waals surface area contributed by atoms with Gasteiger partial charge in [-0.2, -0.15) is 4.98 Å². The number of anilines is 2. The van der Waals surface area contributed by atoms with Crippen LogP contribution in [0.1, 0.15) is 40.9 Å². The Morgan fingerprint density at radius 1 is 1.13 bits per heavy atom. The molecule has 8 nitrogen and oxygen atoms in total. The molecule has 1 atom stereocenters. The number of fused-ring (bicyclic) bond motifs is 1. The van der Waals surface area contributed by atoms with Crippen molar-refractivity contribution in [1.82, 2.24) is 14.9 Å². The quantitative estimate of drug-likeness (QED) is 0.831. The summed E-state index contributed by atoms with van der Waals surface area (Å²) in [5.41, 5.74) is 2.56. The summed E-state index contributed by atoms with van der Waals surface area (Å²) in [6, 6.07) is 10.1. The van der Waals surface area contributed by atoms with Gasteiger partial charge in [0.1, 0.15) is 5.82 Å². The fraction of sp³-hybridized carbons (Fsp3) is 0.455. The van der Waals surface area contributed by atoms with Crippen molar-refractivity contribution in [3.05, 3.63) is 47.2 Å². The van der Waals surface area contributed by atoms with Gasteiger partial charge in [-0.3, -0.25) is 4.79 Å². The van der Waals surface area contributed by atoms with Crippen molar-refractivity contribution >= 4 is 23.6 Å². The molecule has 0 unspecified atom stereocenters. The molecule has 30 heavy (non-hydrogen) atoms. The van der Waals surface area contributed by atoms with Gasteiger partial charge in [0.05, 0.1) is 17.9 Å². The molecular formula is C22H27N5O3. The molecule has 158 valence electrons. The number of rotatable bonds is 4. The lowest BCUT2D eigenvalue weighted by Crippen LogP contribution is -2.49. The maximum absolute atomic E-state index is 12.9. The summed E-state index contributed by atoms with van der Waals surface area (Å²) < 4.78 is 5.09. The molecule has 0 saturated carbocycles. The van der Waals surface area contributed by atoms with Crippen molar-refractivity contribution in [2.75, 3.05) is 50.1 Å². The van der Waals surface area contributed by atoms with Gasteiger partial charge >= 0.3 is 6.09 Å². The summed E-state index contributed by atoms with van der Waals surface area (Å²) in [4.78, 5) is 38.1. The number of piperazine rings is 1. The fourth-order valence-electron chi connectivity index (χ4n) is 4.15. The van der Waals surface area contributed by atoms with Gasteiger partial charge in [-0.15, -0.1) is 0 Å². The van der Waals surface area contributed by atoms with Crippen molar-refractivity contribution in [3.8, 4) is 0 Å². The largest absolute Gasteiger partial charge is 0.450 e. The minimum absolute atomic E-state index is 0.0770. The Balaban J connectivity index is 1.57. The summed E-state index contributed by atoms with van der Waals surface area (Å²) in [5.74, 6) is 1.38. The van der Waals surface area contributed by atoms with E-state index >= 15 is 0 Å². The first-order valence-corrected chi connectivity index (χ1v) is 10.4. The maximum Gasteiger partial charge on any atom is 0.409 e. The molecule has 1 aliphatic heterocycles. The molecule has 8 heteroatoms. The smallest absolute Gasteiger partial charge is 0.409 e. The Bertz CT molecular complexity index is 926. The second-order valence-electron chi connectivity index (χ2n) is 7.56. The average Bonchev–Trinajstić information content (AvgIpc) is 2.79. The highest BCUT2D eigenvalue weighted by atomic mass is 16.6. The van der Waals surface area contributed by atoms with Crippen molar-refractivity contribution in [2.24, 2.45) is 0 Å². The summed E-state index contributed by atoms with van der Waals surface area (Å²) in [7, 11) is 1.78. The molecule has 0 radical (unpaired) electrons. The molecule has 2 aromatic rings. The molecular weight excluding hydrogens is 382 g/mol. The number of benzene rings is 1. The van der Waals surface area contributed by atoms with Crippen LogP contribution in [0.25, 0.3) is 0 Å². The first-order valence-electron chi connectivity index (χ1n) is 10.4. The molecule has 2 heterocycles. The van der Waals surface area contributed by atoms with Crippen LogP contribution in [-0.2, 0) is 11.2 Å². The fourth-order valence-corrected chi connectivity index (χ4v) is 4.15. The second-order valence-corrected chi connectivity index (χ2v) is 7.56. The molecule has 1 N–H and O–H groups in total. The van der Waals surface area contributed by atoms with E-state index in [1.54, 1.807) is 18.9 Å². The summed E-state index contributed by atoms with van der Waals surface area (Å²) >= 11 is 0. The van der Waals surface area contributed by atoms with E-state index < -0.39 is 0 Å². The standard InChI is InChI=1S/C22H27N5O3/c1-3-30-22(29)27-11-9-26(10-12-27)21-24-17-13-16(15-7-5-4-6-8-15)14-18(28)19(17)20(23-2)25-21/h4-8,16H,3,9-14H2,1-2H3,(H,23,24,25)/t16-/m0/s1. The van der Waals surface area contributed by atoms with E-state index in [1.165, 1.54) is 0 Å². The van der Waals surface area contributed by atoms with E-state index in [1.807, 2.05) is 18.2 Å². The van der Waals surface area contributed by atoms with Crippen molar-refractivity contribution < 1.29 is 14.3 Å². The number of hydrogen-bond acceptors (Lipinski definition) is 7. The molecule has 1 aliphatic carbocycles. The molecule has 1 saturated heterocycles. The third-order valence-electron chi connectivity index (χ3n) is 5.72. The summed E-state index contributed by atoms with van der Waals surface area (Å²) in [6.45, 7) is 4.53. The van der Waals surface area contributed by atoms with Crippen LogP contribution in [0.15, 0.2) is 30.3 Å². The summed E-state index contributed by atoms with van der Waals surface area (Å²) in [6.07, 6.45) is 0.890. The molecule has 1 amide bonds. The number of aromatic nitrogens is 2. The SMILES string of the molecule is CCOC(=O)N1CCN(c2nc3c(c(NC)n2)C(=O)C[C@@H](c2ccccc2)C3)CC1. The molecule has 4 rings (SSSR count). The highest BCUT2D eigenvalue weighted by Crippen LogP contribution is 2.35. The van der Waals surface area contributed by atoms with Gasteiger partial charge in [-0.05, 0) is 24.8 Å². The number of nitrogens with zero attached hydrogens (tertiary/aromatic N) is 4. The van der Waals surface area contributed by atoms with E-state index in [0.29, 0.717) is 63.0 Å². The van der Waals surface area contributed by atoms with Crippen LogP contribution >= 0.6 is 0 Å². The third-order valence-corrected chi connectivity index (χ3v) is 5.72. The van der Waals surface area contributed by atoms with Crippen LogP contribution in [0.3, 0.4) is 0 Å². The Kier molecular flexibility index (Phi) is 5.83. The highest BCUT2D eigenvalue weighted by Gasteiger charge is 2.32. The van der Waals surface area contributed by atoms with Crippen LogP contribution < -0.4 is 10.2 Å². The summed E-state index contributed by atoms with van der Waals surface area (Å²) in [5, 5.41) is 3.08. The highest BCUT2D eigenvalue weighted by molar-refractivity contribution is 6.03. The Morgan fingerprint density at radius 3 is 2.53 bits per heavy atom. The molecule has 2 aliphatic rings. The minimum Gasteiger partial charge on any atom is -0.450 e. The first-order chi connectivity index (χ1) is 14.6. The maximum atomic E-state index is 12.9. The van der Waals surface area contributed by atoms with Gasteiger partial charge in [0, 0.05) is 39.6 Å². The van der Waals surface area contributed by atoms with Gasteiger partial charge < -0.3 is 19.9 Å². The number of ether oxygens (including phenoxy) is 1. The number of Topliss-reactive ketones (excluding diaryl/α,β-unsaturated/α-hetero) is 1. The van der Waals surface area contributed by atoms with E-state index in [0.717, 1.165) is 11.3 Å². The van der Waals surface area contributed by atoms with Crippen molar-refractivity contribution in [3.63, 3.8) is 0 Å². The zero-order chi connectivity index (χ0) is 21.1. The number of nitrogens with one attached hydrogen (secondary N) is 1. The normalized spacial score (nSPS) is 18.7. The van der Waals surface area contributed by atoms with E-state index in [4.69, 9.17) is 9.72 Å². The van der Waals surface area contributed by atoms with Gasteiger partial charge in [-0.25, -0.2) is 9.78 Å². The Morgan fingerprint density at radius 2 is 1.87 bits per heavy atom. The number of carbonyl (C=O) groups excluding carboxylic acids is 2. The lowest BCUT2D eigenvalue weighted by Gasteiger charge is -2.35. The van der Waals surface area contributed by atoms with E-state index in [9.17, 15) is 9.59 Å². The average molecular weight is 409 g/mol. The Labute approximate surface area is 176 Å². The monoisotopic (exact) mass is 409 g/mol. The lowest BCUT2D eigenvalue weighted by atomic mass is 9.82. The van der Waals surface area contributed by atoms with Gasteiger partial charge in [0.2, 0.25) is 5.95 Å². The van der Waals surface area contributed by atoms with Crippen LogP contribution in [0.4, 0.5) is 16.6 Å². The van der Waals surface area contributed by atoms with Crippen molar-refractivity contribution in [2.45, 2.75) is 25.7 Å². The number of carbonyl (C=O) groups is 2. The topological polar surface area (TPSA) is 87.7 Å². The van der Waals surface area contributed by atoms with Crippen LogP contribution in [0.2, 0.25) is 0 Å². The predicted molar refractivity (Wildman–Crippen MR) is 114 cm³/mol. The zero-order valence-corrected chi connectivity index (χ0v) is 17.4. The second kappa shape index (κ2) is 8.69. The number of ketones is 1.